The molecule has 2 rings (SSSR count). The summed E-state index contributed by atoms with van der Waals surface area (Å²) in [5, 5.41) is 9.06. The van der Waals surface area contributed by atoms with Crippen LogP contribution in [0.2, 0.25) is 0 Å². The fraction of sp³-hybridized carbons (Fsp3) is 0.267. The van der Waals surface area contributed by atoms with Gasteiger partial charge >= 0.3 is 5.97 Å². The highest BCUT2D eigenvalue weighted by molar-refractivity contribution is 5.94. The van der Waals surface area contributed by atoms with Crippen molar-refractivity contribution in [1.82, 2.24) is 4.98 Å². The Morgan fingerprint density at radius 2 is 1.89 bits per heavy atom. The van der Waals surface area contributed by atoms with Crippen molar-refractivity contribution in [3.63, 3.8) is 0 Å². The van der Waals surface area contributed by atoms with Gasteiger partial charge in [-0.25, -0.2) is 4.79 Å². The second-order valence-electron chi connectivity index (χ2n) is 4.87. The molecule has 0 unspecified atom stereocenters. The summed E-state index contributed by atoms with van der Waals surface area (Å²) in [5.74, 6) is -0.307. The molecule has 0 aliphatic rings. The Balaban J connectivity index is 2.29. The first kappa shape index (κ1) is 12.4. The van der Waals surface area contributed by atoms with E-state index in [1.54, 1.807) is 12.3 Å². The van der Waals surface area contributed by atoms with Crippen molar-refractivity contribution in [1.29, 1.82) is 0 Å². The minimum atomic E-state index is -0.929. The average Bonchev–Trinajstić information content (AvgIpc) is 2.78. The van der Waals surface area contributed by atoms with E-state index in [0.717, 1.165) is 17.5 Å². The molecule has 0 spiro atoms. The number of aromatic amines is 1. The van der Waals surface area contributed by atoms with Crippen LogP contribution in [-0.4, -0.2) is 16.1 Å². The molecule has 0 atom stereocenters. The van der Waals surface area contributed by atoms with Crippen molar-refractivity contribution in [3.8, 4) is 11.1 Å². The second kappa shape index (κ2) is 5.08. The third-order valence-corrected chi connectivity index (χ3v) is 2.87. The molecule has 0 radical (unpaired) electrons. The zero-order chi connectivity index (χ0) is 13.1. The topological polar surface area (TPSA) is 53.1 Å². The van der Waals surface area contributed by atoms with Gasteiger partial charge in [0.2, 0.25) is 0 Å². The number of hydrogen-bond acceptors (Lipinski definition) is 1. The molecule has 0 saturated carbocycles. The van der Waals surface area contributed by atoms with Crippen LogP contribution in [0.5, 0.6) is 0 Å². The van der Waals surface area contributed by atoms with E-state index in [1.165, 1.54) is 5.56 Å². The predicted molar refractivity (Wildman–Crippen MR) is 71.7 cm³/mol. The molecule has 0 bridgehead atoms. The van der Waals surface area contributed by atoms with Crippen LogP contribution in [0.25, 0.3) is 11.1 Å². The second-order valence-corrected chi connectivity index (χ2v) is 4.87. The summed E-state index contributed by atoms with van der Waals surface area (Å²) in [6.07, 6.45) is 2.69. The standard InChI is InChI=1S/C15H17NO2/c1-10(2)9-11-3-5-12(6-4-11)13-7-8-16-14(13)15(17)18/h3-8,10,16H,9H2,1-2H3,(H,17,18). The SMILES string of the molecule is CC(C)Cc1ccc(-c2cc[nH]c2C(=O)O)cc1. The van der Waals surface area contributed by atoms with E-state index >= 15 is 0 Å². The summed E-state index contributed by atoms with van der Waals surface area (Å²) in [6.45, 7) is 4.37. The van der Waals surface area contributed by atoms with E-state index in [9.17, 15) is 4.79 Å². The average molecular weight is 243 g/mol. The number of H-pyrrole nitrogens is 1. The first-order chi connectivity index (χ1) is 8.58. The van der Waals surface area contributed by atoms with Crippen LogP contribution in [-0.2, 0) is 6.42 Å². The molecule has 1 heterocycles. The van der Waals surface area contributed by atoms with E-state index in [1.807, 2.05) is 12.1 Å². The maximum Gasteiger partial charge on any atom is 0.352 e. The normalized spacial score (nSPS) is 10.8. The molecule has 3 heteroatoms. The van der Waals surface area contributed by atoms with E-state index in [2.05, 4.69) is 31.0 Å². The maximum absolute atomic E-state index is 11.0. The summed E-state index contributed by atoms with van der Waals surface area (Å²) < 4.78 is 0. The van der Waals surface area contributed by atoms with E-state index in [4.69, 9.17) is 5.11 Å². The van der Waals surface area contributed by atoms with Gasteiger partial charge < -0.3 is 10.1 Å². The zero-order valence-corrected chi connectivity index (χ0v) is 10.6. The van der Waals surface area contributed by atoms with Crippen LogP contribution in [0, 0.1) is 5.92 Å². The van der Waals surface area contributed by atoms with Crippen LogP contribution < -0.4 is 0 Å². The zero-order valence-electron chi connectivity index (χ0n) is 10.6. The molecular weight excluding hydrogens is 226 g/mol. The number of hydrogen-bond donors (Lipinski definition) is 2. The van der Waals surface area contributed by atoms with Crippen molar-refractivity contribution in [3.05, 3.63) is 47.8 Å². The van der Waals surface area contributed by atoms with Gasteiger partial charge in [0, 0.05) is 11.8 Å². The van der Waals surface area contributed by atoms with E-state index in [0.29, 0.717) is 5.92 Å². The van der Waals surface area contributed by atoms with Crippen molar-refractivity contribution in [2.75, 3.05) is 0 Å². The Hall–Kier alpha value is -2.03. The van der Waals surface area contributed by atoms with Gasteiger partial charge in [-0.1, -0.05) is 38.1 Å². The van der Waals surface area contributed by atoms with Crippen LogP contribution in [0.1, 0.15) is 29.9 Å². The molecule has 0 aliphatic heterocycles. The lowest BCUT2D eigenvalue weighted by Crippen LogP contribution is -1.99. The minimum Gasteiger partial charge on any atom is -0.477 e. The largest absolute Gasteiger partial charge is 0.477 e. The van der Waals surface area contributed by atoms with Gasteiger partial charge in [-0.05, 0) is 29.5 Å². The van der Waals surface area contributed by atoms with Crippen LogP contribution >= 0.6 is 0 Å². The Morgan fingerprint density at radius 1 is 1.22 bits per heavy atom. The highest BCUT2D eigenvalue weighted by Gasteiger charge is 2.12. The van der Waals surface area contributed by atoms with Gasteiger partial charge in [0.25, 0.3) is 0 Å². The lowest BCUT2D eigenvalue weighted by atomic mass is 9.99. The molecule has 2 N–H and O–H groups in total. The van der Waals surface area contributed by atoms with E-state index in [-0.39, 0.29) is 5.69 Å². The fourth-order valence-corrected chi connectivity index (χ4v) is 2.08. The molecule has 94 valence electrons. The molecule has 3 nitrogen and oxygen atoms in total. The molecule has 0 fully saturated rings. The first-order valence-corrected chi connectivity index (χ1v) is 6.08. The lowest BCUT2D eigenvalue weighted by molar-refractivity contribution is 0.0692. The number of aromatic nitrogens is 1. The third kappa shape index (κ3) is 2.62. The van der Waals surface area contributed by atoms with Crippen LogP contribution in [0.15, 0.2) is 36.5 Å². The highest BCUT2D eigenvalue weighted by Crippen LogP contribution is 2.24. The fourth-order valence-electron chi connectivity index (χ4n) is 2.08. The van der Waals surface area contributed by atoms with Crippen molar-refractivity contribution < 1.29 is 9.90 Å². The Labute approximate surface area is 106 Å². The highest BCUT2D eigenvalue weighted by atomic mass is 16.4. The van der Waals surface area contributed by atoms with Crippen molar-refractivity contribution in [2.24, 2.45) is 5.92 Å². The van der Waals surface area contributed by atoms with Crippen LogP contribution in [0.3, 0.4) is 0 Å². The molecule has 1 aromatic carbocycles. The van der Waals surface area contributed by atoms with E-state index < -0.39 is 5.97 Å². The predicted octanol–water partition coefficient (Wildman–Crippen LogP) is 3.58. The molecule has 1 aromatic heterocycles. The molecule has 18 heavy (non-hydrogen) atoms. The van der Waals surface area contributed by atoms with Crippen molar-refractivity contribution in [2.45, 2.75) is 20.3 Å². The monoisotopic (exact) mass is 243 g/mol. The Morgan fingerprint density at radius 3 is 2.44 bits per heavy atom. The van der Waals surface area contributed by atoms with Gasteiger partial charge in [0.15, 0.2) is 0 Å². The van der Waals surface area contributed by atoms with Gasteiger partial charge in [-0.2, -0.15) is 0 Å². The number of rotatable bonds is 4. The number of benzene rings is 1. The lowest BCUT2D eigenvalue weighted by Gasteiger charge is -2.06. The number of carboxylic acids is 1. The van der Waals surface area contributed by atoms with Gasteiger partial charge in [-0.3, -0.25) is 0 Å². The molecule has 2 aromatic rings. The number of nitrogens with one attached hydrogen (secondary N) is 1. The van der Waals surface area contributed by atoms with Crippen LogP contribution in [0.4, 0.5) is 0 Å². The molecule has 0 amide bonds. The van der Waals surface area contributed by atoms with Gasteiger partial charge in [0.1, 0.15) is 5.69 Å². The number of carbonyl (C=O) groups is 1. The molecule has 0 aliphatic carbocycles. The first-order valence-electron chi connectivity index (χ1n) is 6.08. The maximum atomic E-state index is 11.0. The minimum absolute atomic E-state index is 0.242. The summed E-state index contributed by atoms with van der Waals surface area (Å²) >= 11 is 0. The Kier molecular flexibility index (Phi) is 3.51. The summed E-state index contributed by atoms with van der Waals surface area (Å²) in [5.41, 5.74) is 3.19. The molecule has 0 saturated heterocycles. The van der Waals surface area contributed by atoms with Gasteiger partial charge in [-0.15, -0.1) is 0 Å². The third-order valence-electron chi connectivity index (χ3n) is 2.87. The quantitative estimate of drug-likeness (QED) is 0.862. The van der Waals surface area contributed by atoms with Crippen molar-refractivity contribution >= 4 is 5.97 Å². The molecular formula is C15H17NO2. The smallest absolute Gasteiger partial charge is 0.352 e. The van der Waals surface area contributed by atoms with Gasteiger partial charge in [0.05, 0.1) is 0 Å². The summed E-state index contributed by atoms with van der Waals surface area (Å²) in [7, 11) is 0. The Bertz CT molecular complexity index is 538. The number of carboxylic acid groups (broad SMARTS) is 1. The summed E-state index contributed by atoms with van der Waals surface area (Å²) in [6, 6.07) is 9.88. The summed E-state index contributed by atoms with van der Waals surface area (Å²) in [4.78, 5) is 13.8. The number of aromatic carboxylic acids is 1.